The highest BCUT2D eigenvalue weighted by Gasteiger charge is 2.28. The lowest BCUT2D eigenvalue weighted by Crippen LogP contribution is -2.48. The number of amides is 3. The van der Waals surface area contributed by atoms with Gasteiger partial charge in [-0.25, -0.2) is 4.79 Å². The van der Waals surface area contributed by atoms with E-state index in [4.69, 9.17) is 5.11 Å². The van der Waals surface area contributed by atoms with E-state index >= 15 is 0 Å². The van der Waals surface area contributed by atoms with Crippen molar-refractivity contribution in [2.45, 2.75) is 26.2 Å². The summed E-state index contributed by atoms with van der Waals surface area (Å²) in [5.74, 6) is -1.74. The predicted octanol–water partition coefficient (Wildman–Crippen LogP) is 1.69. The van der Waals surface area contributed by atoms with Gasteiger partial charge in [0.05, 0.1) is 12.5 Å². The first kappa shape index (κ1) is 17.8. The fraction of sp³-hybridized carbons (Fsp3) is 0.471. The lowest BCUT2D eigenvalue weighted by atomic mass is 9.99. The largest absolute Gasteiger partial charge is 0.481 e. The van der Waals surface area contributed by atoms with E-state index in [0.29, 0.717) is 25.1 Å². The van der Waals surface area contributed by atoms with Gasteiger partial charge in [0.2, 0.25) is 5.91 Å². The number of nitrogens with one attached hydrogen (secondary N) is 2. The van der Waals surface area contributed by atoms with Crippen molar-refractivity contribution in [2.75, 3.05) is 25.0 Å². The van der Waals surface area contributed by atoms with Gasteiger partial charge in [-0.3, -0.25) is 9.59 Å². The predicted molar refractivity (Wildman–Crippen MR) is 89.8 cm³/mol. The van der Waals surface area contributed by atoms with E-state index < -0.39 is 17.9 Å². The quantitative estimate of drug-likeness (QED) is 0.763. The summed E-state index contributed by atoms with van der Waals surface area (Å²) in [6.07, 6.45) is 2.11. The molecule has 24 heavy (non-hydrogen) atoms. The van der Waals surface area contributed by atoms with E-state index in [1.807, 2.05) is 25.1 Å². The van der Waals surface area contributed by atoms with Gasteiger partial charge in [0, 0.05) is 18.8 Å². The number of aliphatic carboxylic acids is 1. The molecule has 1 fully saturated rings. The molecule has 130 valence electrons. The van der Waals surface area contributed by atoms with E-state index in [1.54, 1.807) is 6.07 Å². The zero-order valence-electron chi connectivity index (χ0n) is 13.7. The third-order valence-corrected chi connectivity index (χ3v) is 4.08. The van der Waals surface area contributed by atoms with Gasteiger partial charge in [0.15, 0.2) is 0 Å². The molecule has 1 aromatic rings. The number of carbonyl (C=O) groups excluding carboxylic acids is 2. The first-order valence-electron chi connectivity index (χ1n) is 8.14. The Morgan fingerprint density at radius 1 is 1.33 bits per heavy atom. The van der Waals surface area contributed by atoms with Crippen LogP contribution in [0.2, 0.25) is 0 Å². The number of nitrogens with zero attached hydrogens (tertiary/aromatic N) is 1. The SMILES string of the molecule is CCc1cccc(NC(=O)CNC(=O)N2CCCC(C(=O)O)C2)c1. The van der Waals surface area contributed by atoms with Crippen LogP contribution >= 0.6 is 0 Å². The fourth-order valence-electron chi connectivity index (χ4n) is 2.71. The third kappa shape index (κ3) is 4.97. The molecule has 3 N–H and O–H groups in total. The number of piperidine rings is 1. The first-order valence-corrected chi connectivity index (χ1v) is 8.14. The third-order valence-electron chi connectivity index (χ3n) is 4.08. The van der Waals surface area contributed by atoms with Crippen LogP contribution in [-0.4, -0.2) is 47.5 Å². The van der Waals surface area contributed by atoms with Crippen molar-refractivity contribution in [3.63, 3.8) is 0 Å². The molecule has 1 heterocycles. The Morgan fingerprint density at radius 3 is 2.83 bits per heavy atom. The normalized spacial score (nSPS) is 17.2. The summed E-state index contributed by atoms with van der Waals surface area (Å²) in [6.45, 7) is 2.57. The number of urea groups is 1. The molecule has 1 unspecified atom stereocenters. The van der Waals surface area contributed by atoms with Crippen molar-refractivity contribution in [3.8, 4) is 0 Å². The zero-order valence-corrected chi connectivity index (χ0v) is 13.7. The van der Waals surface area contributed by atoms with E-state index in [-0.39, 0.29) is 19.0 Å². The molecule has 1 atom stereocenters. The maximum atomic E-state index is 12.1. The Morgan fingerprint density at radius 2 is 2.12 bits per heavy atom. The van der Waals surface area contributed by atoms with Crippen LogP contribution in [0.25, 0.3) is 0 Å². The van der Waals surface area contributed by atoms with Crippen molar-refractivity contribution in [3.05, 3.63) is 29.8 Å². The first-order chi connectivity index (χ1) is 11.5. The summed E-state index contributed by atoms with van der Waals surface area (Å²) >= 11 is 0. The van der Waals surface area contributed by atoms with Crippen LogP contribution in [0.15, 0.2) is 24.3 Å². The zero-order chi connectivity index (χ0) is 17.5. The van der Waals surface area contributed by atoms with E-state index in [1.165, 1.54) is 4.90 Å². The molecular weight excluding hydrogens is 310 g/mol. The molecule has 0 spiro atoms. The van der Waals surface area contributed by atoms with Crippen LogP contribution in [0.4, 0.5) is 10.5 Å². The number of aryl methyl sites for hydroxylation is 1. The second kappa shape index (κ2) is 8.33. The standard InChI is InChI=1S/C17H23N3O4/c1-2-12-5-3-7-14(9-12)19-15(21)10-18-17(24)20-8-4-6-13(11-20)16(22)23/h3,5,7,9,13H,2,4,6,8,10-11H2,1H3,(H,18,24)(H,19,21)(H,22,23). The van der Waals surface area contributed by atoms with Crippen molar-refractivity contribution < 1.29 is 19.5 Å². The molecule has 1 aromatic carbocycles. The van der Waals surface area contributed by atoms with Gasteiger partial charge in [-0.15, -0.1) is 0 Å². The van der Waals surface area contributed by atoms with E-state index in [0.717, 1.165) is 12.0 Å². The fourth-order valence-corrected chi connectivity index (χ4v) is 2.71. The van der Waals surface area contributed by atoms with E-state index in [2.05, 4.69) is 10.6 Å². The molecule has 2 rings (SSSR count). The highest BCUT2D eigenvalue weighted by atomic mass is 16.4. The van der Waals surface area contributed by atoms with Gasteiger partial charge >= 0.3 is 12.0 Å². The highest BCUT2D eigenvalue weighted by Crippen LogP contribution is 2.16. The summed E-state index contributed by atoms with van der Waals surface area (Å²) in [5.41, 5.74) is 1.81. The maximum absolute atomic E-state index is 12.1. The van der Waals surface area contributed by atoms with Gasteiger partial charge in [-0.2, -0.15) is 0 Å². The van der Waals surface area contributed by atoms with Crippen LogP contribution in [0, 0.1) is 5.92 Å². The molecule has 1 aliphatic heterocycles. The number of hydrogen-bond acceptors (Lipinski definition) is 3. The average Bonchev–Trinajstić information content (AvgIpc) is 2.60. The lowest BCUT2D eigenvalue weighted by molar-refractivity contribution is -0.143. The Kier molecular flexibility index (Phi) is 6.17. The molecule has 7 heteroatoms. The van der Waals surface area contributed by atoms with Crippen molar-refractivity contribution >= 4 is 23.6 Å². The molecular formula is C17H23N3O4. The number of anilines is 1. The Bertz CT molecular complexity index is 618. The Hall–Kier alpha value is -2.57. The molecule has 1 aliphatic rings. The van der Waals surface area contributed by atoms with Crippen LogP contribution in [0.3, 0.4) is 0 Å². The highest BCUT2D eigenvalue weighted by molar-refractivity contribution is 5.94. The smallest absolute Gasteiger partial charge is 0.317 e. The number of rotatable bonds is 5. The number of hydrogen-bond donors (Lipinski definition) is 3. The lowest BCUT2D eigenvalue weighted by Gasteiger charge is -2.30. The molecule has 3 amide bonds. The van der Waals surface area contributed by atoms with Crippen LogP contribution in [0.1, 0.15) is 25.3 Å². The van der Waals surface area contributed by atoms with Crippen molar-refractivity contribution in [1.29, 1.82) is 0 Å². The second-order valence-corrected chi connectivity index (χ2v) is 5.88. The minimum absolute atomic E-state index is 0.149. The summed E-state index contributed by atoms with van der Waals surface area (Å²) < 4.78 is 0. The summed E-state index contributed by atoms with van der Waals surface area (Å²) in [4.78, 5) is 36.5. The molecule has 0 radical (unpaired) electrons. The van der Waals surface area contributed by atoms with Crippen LogP contribution in [0.5, 0.6) is 0 Å². The molecule has 0 aromatic heterocycles. The minimum atomic E-state index is -0.888. The van der Waals surface area contributed by atoms with Crippen LogP contribution in [-0.2, 0) is 16.0 Å². The van der Waals surface area contributed by atoms with Gasteiger partial charge < -0.3 is 20.6 Å². The number of benzene rings is 1. The summed E-state index contributed by atoms with van der Waals surface area (Å²) in [5, 5.41) is 14.3. The Balaban J connectivity index is 1.80. The van der Waals surface area contributed by atoms with Crippen molar-refractivity contribution in [1.82, 2.24) is 10.2 Å². The Labute approximate surface area is 141 Å². The van der Waals surface area contributed by atoms with Gasteiger partial charge in [0.25, 0.3) is 0 Å². The minimum Gasteiger partial charge on any atom is -0.481 e. The van der Waals surface area contributed by atoms with Crippen LogP contribution < -0.4 is 10.6 Å². The summed E-state index contributed by atoms with van der Waals surface area (Å²) in [7, 11) is 0. The summed E-state index contributed by atoms with van der Waals surface area (Å²) in [6, 6.07) is 7.13. The molecule has 7 nitrogen and oxygen atoms in total. The van der Waals surface area contributed by atoms with Gasteiger partial charge in [-0.05, 0) is 37.0 Å². The number of carboxylic acid groups (broad SMARTS) is 1. The number of carboxylic acids is 1. The maximum Gasteiger partial charge on any atom is 0.317 e. The van der Waals surface area contributed by atoms with Crippen molar-refractivity contribution in [2.24, 2.45) is 5.92 Å². The van der Waals surface area contributed by atoms with E-state index in [9.17, 15) is 14.4 Å². The molecule has 0 aliphatic carbocycles. The molecule has 0 bridgehead atoms. The number of likely N-dealkylation sites (tertiary alicyclic amines) is 1. The molecule has 1 saturated heterocycles. The topological polar surface area (TPSA) is 98.7 Å². The molecule has 0 saturated carbocycles. The monoisotopic (exact) mass is 333 g/mol. The van der Waals surface area contributed by atoms with Gasteiger partial charge in [0.1, 0.15) is 0 Å². The average molecular weight is 333 g/mol. The van der Waals surface area contributed by atoms with Gasteiger partial charge in [-0.1, -0.05) is 19.1 Å². The second-order valence-electron chi connectivity index (χ2n) is 5.88. The number of carbonyl (C=O) groups is 3.